The van der Waals surface area contributed by atoms with E-state index in [-0.39, 0.29) is 23.7 Å². The van der Waals surface area contributed by atoms with Gasteiger partial charge in [0, 0.05) is 50.9 Å². The highest BCUT2D eigenvalue weighted by Gasteiger charge is 2.41. The van der Waals surface area contributed by atoms with Gasteiger partial charge in [0.15, 0.2) is 0 Å². The summed E-state index contributed by atoms with van der Waals surface area (Å²) in [5.41, 5.74) is 1.02. The highest BCUT2D eigenvalue weighted by atomic mass is 19.4. The first-order valence-electron chi connectivity index (χ1n) is 16.8. The Hall–Kier alpha value is -3.31. The quantitative estimate of drug-likeness (QED) is 0.324. The van der Waals surface area contributed by atoms with Crippen LogP contribution in [0, 0.1) is 11.8 Å². The van der Waals surface area contributed by atoms with E-state index in [1.807, 2.05) is 47.9 Å². The van der Waals surface area contributed by atoms with E-state index in [9.17, 15) is 33.0 Å². The molecule has 0 aromatic heterocycles. The molecule has 0 saturated carbocycles. The maximum atomic E-state index is 14.1. The fraction of sp³-hybridized carbons (Fsp3) is 0.611. The Morgan fingerprint density at radius 1 is 0.936 bits per heavy atom. The Labute approximate surface area is 275 Å². The lowest BCUT2D eigenvalue weighted by Gasteiger charge is -2.38. The van der Waals surface area contributed by atoms with Crippen molar-refractivity contribution in [3.8, 4) is 5.75 Å². The van der Waals surface area contributed by atoms with Crippen LogP contribution in [0.1, 0.15) is 80.9 Å². The van der Waals surface area contributed by atoms with Gasteiger partial charge in [-0.05, 0) is 100 Å². The number of hydrogen-bond acceptors (Lipinski definition) is 6. The van der Waals surface area contributed by atoms with E-state index in [2.05, 4.69) is 4.90 Å². The molecule has 2 aromatic rings. The Morgan fingerprint density at radius 2 is 1.60 bits per heavy atom. The first kappa shape index (κ1) is 35.0. The van der Waals surface area contributed by atoms with Crippen molar-refractivity contribution in [2.75, 3.05) is 57.8 Å². The number of methoxy groups -OCH3 is 1. The van der Waals surface area contributed by atoms with Crippen molar-refractivity contribution in [2.24, 2.45) is 11.8 Å². The van der Waals surface area contributed by atoms with Crippen LogP contribution < -0.4 is 9.64 Å². The minimum absolute atomic E-state index is 0.00664. The van der Waals surface area contributed by atoms with Gasteiger partial charge in [0.25, 0.3) is 0 Å². The molecule has 2 N–H and O–H groups in total. The standard InChI is InChI=1S/C36H48F3N3O5/c1-35(2,46)15-4-16-40-22-30(24-5-8-28(47-3)9-6-24)31(23-40)33(43)42-19-11-25(12-20-42)29-10-7-27(36(37,38)39)21-32(29)41-17-13-26(14-18-41)34(44)45/h5-10,21,25-26,30-31,46H,4,11-20,22-23H2,1-3H3,(H,44,45)/t30-,31+/m0/s1. The number of anilines is 1. The van der Waals surface area contributed by atoms with Crippen LogP contribution in [0.25, 0.3) is 0 Å². The zero-order chi connectivity index (χ0) is 33.9. The number of carboxylic acids is 1. The second-order valence-corrected chi connectivity index (χ2v) is 14.1. The number of amides is 1. The molecule has 0 aliphatic carbocycles. The molecule has 5 rings (SSSR count). The molecule has 3 aliphatic rings. The number of piperidine rings is 2. The van der Waals surface area contributed by atoms with Crippen LogP contribution in [0.2, 0.25) is 0 Å². The summed E-state index contributed by atoms with van der Waals surface area (Å²) in [4.78, 5) is 31.8. The highest BCUT2D eigenvalue weighted by Crippen LogP contribution is 2.42. The summed E-state index contributed by atoms with van der Waals surface area (Å²) in [6.45, 7) is 7.62. The number of rotatable bonds is 10. The molecule has 47 heavy (non-hydrogen) atoms. The molecule has 3 fully saturated rings. The van der Waals surface area contributed by atoms with Gasteiger partial charge < -0.3 is 29.6 Å². The SMILES string of the molecule is COc1ccc([C@@H]2CN(CCCC(C)(C)O)C[C@H]2C(=O)N2CCC(c3ccc(C(F)(F)F)cc3N3CCC(C(=O)O)CC3)CC2)cc1. The molecule has 11 heteroatoms. The number of halogens is 3. The number of carbonyl (C=O) groups excluding carboxylic acids is 1. The third-order valence-electron chi connectivity index (χ3n) is 10.3. The number of carbonyl (C=O) groups is 2. The molecule has 0 unspecified atom stereocenters. The number of likely N-dealkylation sites (tertiary alicyclic amines) is 2. The summed E-state index contributed by atoms with van der Waals surface area (Å²) in [5.74, 6) is -0.690. The van der Waals surface area contributed by atoms with Gasteiger partial charge in [-0.25, -0.2) is 0 Å². The van der Waals surface area contributed by atoms with E-state index < -0.39 is 29.2 Å². The molecule has 8 nitrogen and oxygen atoms in total. The lowest BCUT2D eigenvalue weighted by molar-refractivity contribution is -0.142. The minimum atomic E-state index is -4.48. The predicted octanol–water partition coefficient (Wildman–Crippen LogP) is 5.99. The van der Waals surface area contributed by atoms with Crippen LogP contribution in [-0.4, -0.2) is 90.4 Å². The molecule has 3 heterocycles. The van der Waals surface area contributed by atoms with Gasteiger partial charge >= 0.3 is 12.1 Å². The van der Waals surface area contributed by atoms with Crippen LogP contribution in [0.3, 0.4) is 0 Å². The summed E-state index contributed by atoms with van der Waals surface area (Å²) < 4.78 is 46.6. The summed E-state index contributed by atoms with van der Waals surface area (Å²) in [5, 5.41) is 19.6. The van der Waals surface area contributed by atoms with Crippen LogP contribution in [0.5, 0.6) is 5.75 Å². The molecular weight excluding hydrogens is 611 g/mol. The van der Waals surface area contributed by atoms with Gasteiger partial charge in [-0.3, -0.25) is 9.59 Å². The summed E-state index contributed by atoms with van der Waals surface area (Å²) in [6.07, 6.45) is -0.907. The molecule has 0 spiro atoms. The lowest BCUT2D eigenvalue weighted by atomic mass is 9.84. The third kappa shape index (κ3) is 8.59. The van der Waals surface area contributed by atoms with Gasteiger partial charge in [0.05, 0.1) is 30.1 Å². The van der Waals surface area contributed by atoms with Crippen LogP contribution in [0.15, 0.2) is 42.5 Å². The van der Waals surface area contributed by atoms with Gasteiger partial charge in [-0.1, -0.05) is 18.2 Å². The van der Waals surface area contributed by atoms with Crippen molar-refractivity contribution in [1.29, 1.82) is 0 Å². The molecular formula is C36H48F3N3O5. The van der Waals surface area contributed by atoms with Crippen molar-refractivity contribution in [1.82, 2.24) is 9.80 Å². The third-order valence-corrected chi connectivity index (χ3v) is 10.3. The van der Waals surface area contributed by atoms with Crippen molar-refractivity contribution in [2.45, 2.75) is 76.0 Å². The summed E-state index contributed by atoms with van der Waals surface area (Å²) in [7, 11) is 1.62. The Bertz CT molecular complexity index is 1380. The van der Waals surface area contributed by atoms with E-state index in [0.717, 1.165) is 42.5 Å². The Morgan fingerprint density at radius 3 is 2.17 bits per heavy atom. The van der Waals surface area contributed by atoms with E-state index in [1.165, 1.54) is 6.07 Å². The lowest BCUT2D eigenvalue weighted by Crippen LogP contribution is -2.43. The van der Waals surface area contributed by atoms with Crippen molar-refractivity contribution in [3.05, 3.63) is 59.2 Å². The predicted molar refractivity (Wildman–Crippen MR) is 174 cm³/mol. The van der Waals surface area contributed by atoms with Gasteiger partial charge in [-0.15, -0.1) is 0 Å². The van der Waals surface area contributed by atoms with Gasteiger partial charge in [0.1, 0.15) is 5.75 Å². The number of aliphatic hydroxyl groups is 1. The van der Waals surface area contributed by atoms with Crippen molar-refractivity contribution < 1.29 is 37.7 Å². The van der Waals surface area contributed by atoms with E-state index >= 15 is 0 Å². The van der Waals surface area contributed by atoms with E-state index in [4.69, 9.17) is 4.74 Å². The number of hydrogen-bond donors (Lipinski definition) is 2. The van der Waals surface area contributed by atoms with E-state index in [0.29, 0.717) is 70.5 Å². The molecule has 2 aromatic carbocycles. The minimum Gasteiger partial charge on any atom is -0.497 e. The summed E-state index contributed by atoms with van der Waals surface area (Å²) in [6, 6.07) is 11.9. The van der Waals surface area contributed by atoms with Gasteiger partial charge in [0.2, 0.25) is 5.91 Å². The van der Waals surface area contributed by atoms with Crippen molar-refractivity contribution >= 4 is 17.6 Å². The number of benzene rings is 2. The monoisotopic (exact) mass is 659 g/mol. The average Bonchev–Trinajstić information content (AvgIpc) is 3.47. The Kier molecular flexibility index (Phi) is 10.8. The number of carboxylic acid groups (broad SMARTS) is 1. The second-order valence-electron chi connectivity index (χ2n) is 14.1. The number of aliphatic carboxylic acids is 1. The highest BCUT2D eigenvalue weighted by molar-refractivity contribution is 5.81. The maximum Gasteiger partial charge on any atom is 0.416 e. The molecule has 2 atom stereocenters. The van der Waals surface area contributed by atoms with E-state index in [1.54, 1.807) is 13.2 Å². The smallest absolute Gasteiger partial charge is 0.416 e. The fourth-order valence-electron chi connectivity index (χ4n) is 7.59. The van der Waals surface area contributed by atoms with Crippen LogP contribution in [-0.2, 0) is 15.8 Å². The fourth-order valence-corrected chi connectivity index (χ4v) is 7.59. The topological polar surface area (TPSA) is 93.6 Å². The number of ether oxygens (including phenoxy) is 1. The normalized spacial score (nSPS) is 22.1. The molecule has 1 amide bonds. The summed E-state index contributed by atoms with van der Waals surface area (Å²) >= 11 is 0. The second kappa shape index (κ2) is 14.4. The van der Waals surface area contributed by atoms with Gasteiger partial charge in [-0.2, -0.15) is 13.2 Å². The molecule has 3 saturated heterocycles. The van der Waals surface area contributed by atoms with Crippen LogP contribution >= 0.6 is 0 Å². The number of nitrogens with zero attached hydrogens (tertiary/aromatic N) is 3. The first-order chi connectivity index (χ1) is 22.2. The average molecular weight is 660 g/mol. The molecule has 258 valence electrons. The molecule has 3 aliphatic heterocycles. The maximum absolute atomic E-state index is 14.1. The zero-order valence-corrected chi connectivity index (χ0v) is 27.6. The zero-order valence-electron chi connectivity index (χ0n) is 27.6. The van der Waals surface area contributed by atoms with Crippen LogP contribution in [0.4, 0.5) is 18.9 Å². The first-order valence-corrected chi connectivity index (χ1v) is 16.8. The molecule has 0 radical (unpaired) electrons. The molecule has 0 bridgehead atoms. The van der Waals surface area contributed by atoms with Crippen molar-refractivity contribution in [3.63, 3.8) is 0 Å². The Balaban J connectivity index is 1.29. The largest absolute Gasteiger partial charge is 0.497 e. The number of alkyl halides is 3.